The average molecular weight is 308 g/mol. The monoisotopic (exact) mass is 308 g/mol. The van der Waals surface area contributed by atoms with Crippen LogP contribution in [0, 0.1) is 0 Å². The summed E-state index contributed by atoms with van der Waals surface area (Å²) in [5, 5.41) is 9.56. The summed E-state index contributed by atoms with van der Waals surface area (Å²) in [5.41, 5.74) is 0.851. The molecule has 116 valence electrons. The Morgan fingerprint density at radius 1 is 1.33 bits per heavy atom. The summed E-state index contributed by atoms with van der Waals surface area (Å²) >= 11 is 1.67. The van der Waals surface area contributed by atoms with Gasteiger partial charge in [-0.05, 0) is 56.9 Å². The molecule has 0 unspecified atom stereocenters. The van der Waals surface area contributed by atoms with E-state index in [0.717, 1.165) is 36.6 Å². The molecule has 2 rings (SSSR count). The number of aliphatic carboxylic acids is 1. The third-order valence-electron chi connectivity index (χ3n) is 4.07. The highest BCUT2D eigenvalue weighted by molar-refractivity contribution is 7.98. The summed E-state index contributed by atoms with van der Waals surface area (Å²) in [5.74, 6) is -0.782. The Bertz CT molecular complexity index is 458. The smallest absolute Gasteiger partial charge is 0.325 e. The fourth-order valence-corrected chi connectivity index (χ4v) is 3.21. The maximum atomic E-state index is 11.6. The quantitative estimate of drug-likeness (QED) is 0.784. The maximum Gasteiger partial charge on any atom is 0.325 e. The minimum absolute atomic E-state index is 0.566. The van der Waals surface area contributed by atoms with Crippen molar-refractivity contribution in [3.05, 3.63) is 29.8 Å². The van der Waals surface area contributed by atoms with Crippen LogP contribution in [0.2, 0.25) is 0 Å². The molecule has 1 aromatic carbocycles. The Hall–Kier alpha value is -1.04. The molecule has 1 aliphatic rings. The van der Waals surface area contributed by atoms with Crippen molar-refractivity contribution in [3.63, 3.8) is 0 Å². The first kappa shape index (κ1) is 16.3. The highest BCUT2D eigenvalue weighted by Gasteiger charge is 2.25. The second-order valence-corrected chi connectivity index (χ2v) is 6.42. The lowest BCUT2D eigenvalue weighted by Gasteiger charge is -2.27. The summed E-state index contributed by atoms with van der Waals surface area (Å²) in [4.78, 5) is 17.1. The van der Waals surface area contributed by atoms with Gasteiger partial charge in [0, 0.05) is 18.0 Å². The van der Waals surface area contributed by atoms with Gasteiger partial charge in [-0.15, -0.1) is 11.8 Å². The number of carbonyl (C=O) groups is 1. The van der Waals surface area contributed by atoms with Gasteiger partial charge in [-0.25, -0.2) is 0 Å². The number of benzene rings is 1. The van der Waals surface area contributed by atoms with Crippen molar-refractivity contribution in [2.24, 2.45) is 0 Å². The van der Waals surface area contributed by atoms with Gasteiger partial charge in [0.25, 0.3) is 0 Å². The van der Waals surface area contributed by atoms with Crippen molar-refractivity contribution < 1.29 is 9.90 Å². The van der Waals surface area contributed by atoms with Gasteiger partial charge in [-0.2, -0.15) is 0 Å². The Labute approximate surface area is 131 Å². The van der Waals surface area contributed by atoms with E-state index in [1.165, 1.54) is 12.8 Å². The van der Waals surface area contributed by atoms with E-state index in [4.69, 9.17) is 0 Å². The summed E-state index contributed by atoms with van der Waals surface area (Å²) in [6.45, 7) is 4.02. The third kappa shape index (κ3) is 4.46. The number of nitrogens with zero attached hydrogens (tertiary/aromatic N) is 2. The Morgan fingerprint density at radius 3 is 2.48 bits per heavy atom. The molecule has 1 saturated heterocycles. The first-order valence-electron chi connectivity index (χ1n) is 7.41. The molecule has 1 atom stereocenters. The highest BCUT2D eigenvalue weighted by Crippen LogP contribution is 2.23. The zero-order chi connectivity index (χ0) is 15.2. The second kappa shape index (κ2) is 7.82. The average Bonchev–Trinajstić information content (AvgIpc) is 2.99. The molecule has 0 amide bonds. The molecule has 1 N–H and O–H groups in total. The summed E-state index contributed by atoms with van der Waals surface area (Å²) < 4.78 is 0. The number of hydrogen-bond acceptors (Lipinski definition) is 4. The zero-order valence-corrected chi connectivity index (χ0v) is 13.6. The summed E-state index contributed by atoms with van der Waals surface area (Å²) in [7, 11) is 1.90. The summed E-state index contributed by atoms with van der Waals surface area (Å²) in [6, 6.07) is 7.27. The topological polar surface area (TPSA) is 43.8 Å². The fourth-order valence-electron chi connectivity index (χ4n) is 2.81. The molecule has 4 nitrogen and oxygen atoms in total. The van der Waals surface area contributed by atoms with E-state index in [-0.39, 0.29) is 0 Å². The fraction of sp³-hybridized carbons (Fsp3) is 0.562. The lowest BCUT2D eigenvalue weighted by atomic mass is 10.1. The summed E-state index contributed by atoms with van der Waals surface area (Å²) in [6.07, 6.45) is 4.55. The van der Waals surface area contributed by atoms with Gasteiger partial charge < -0.3 is 10.0 Å². The Balaban J connectivity index is 2.00. The SMILES string of the molecule is CSc1ccc([C@H](C(=O)O)N(C)CCN2CCCC2)cc1. The third-order valence-corrected chi connectivity index (χ3v) is 4.82. The first-order chi connectivity index (χ1) is 10.1. The van der Waals surface area contributed by atoms with Gasteiger partial charge in [-0.1, -0.05) is 12.1 Å². The Kier molecular flexibility index (Phi) is 6.08. The van der Waals surface area contributed by atoms with Gasteiger partial charge in [0.1, 0.15) is 6.04 Å². The van der Waals surface area contributed by atoms with Gasteiger partial charge in [0.15, 0.2) is 0 Å². The zero-order valence-electron chi connectivity index (χ0n) is 12.8. The van der Waals surface area contributed by atoms with E-state index >= 15 is 0 Å². The van der Waals surface area contributed by atoms with Crippen molar-refractivity contribution in [2.75, 3.05) is 39.5 Å². The van der Waals surface area contributed by atoms with E-state index in [9.17, 15) is 9.90 Å². The van der Waals surface area contributed by atoms with Crippen molar-refractivity contribution in [1.29, 1.82) is 0 Å². The van der Waals surface area contributed by atoms with Crippen LogP contribution in [0.1, 0.15) is 24.4 Å². The van der Waals surface area contributed by atoms with Crippen LogP contribution in [0.15, 0.2) is 29.2 Å². The lowest BCUT2D eigenvalue weighted by molar-refractivity contribution is -0.143. The molecular formula is C16H24N2O2S. The number of likely N-dealkylation sites (N-methyl/N-ethyl adjacent to an activating group) is 1. The first-order valence-corrected chi connectivity index (χ1v) is 8.63. The van der Waals surface area contributed by atoms with Crippen molar-refractivity contribution in [2.45, 2.75) is 23.8 Å². The molecule has 0 aliphatic carbocycles. The van der Waals surface area contributed by atoms with Gasteiger partial charge >= 0.3 is 5.97 Å². The molecule has 1 fully saturated rings. The molecule has 5 heteroatoms. The van der Waals surface area contributed by atoms with E-state index < -0.39 is 12.0 Å². The van der Waals surface area contributed by atoms with Crippen LogP contribution in [0.25, 0.3) is 0 Å². The predicted octanol–water partition coefficient (Wildman–Crippen LogP) is 2.56. The van der Waals surface area contributed by atoms with Crippen LogP contribution in [0.4, 0.5) is 0 Å². The van der Waals surface area contributed by atoms with Gasteiger partial charge in [-0.3, -0.25) is 9.69 Å². The van der Waals surface area contributed by atoms with Crippen molar-refractivity contribution in [3.8, 4) is 0 Å². The molecule has 1 aliphatic heterocycles. The van der Waals surface area contributed by atoms with Crippen LogP contribution in [-0.2, 0) is 4.79 Å². The van der Waals surface area contributed by atoms with E-state index in [2.05, 4.69) is 4.90 Å². The largest absolute Gasteiger partial charge is 0.480 e. The minimum atomic E-state index is -0.782. The maximum absolute atomic E-state index is 11.6. The van der Waals surface area contributed by atoms with Crippen LogP contribution >= 0.6 is 11.8 Å². The normalized spacial score (nSPS) is 17.3. The van der Waals surface area contributed by atoms with Crippen LogP contribution in [0.3, 0.4) is 0 Å². The number of hydrogen-bond donors (Lipinski definition) is 1. The molecule has 0 aromatic heterocycles. The molecule has 1 heterocycles. The molecule has 0 bridgehead atoms. The molecule has 21 heavy (non-hydrogen) atoms. The van der Waals surface area contributed by atoms with Crippen LogP contribution in [-0.4, -0.2) is 60.4 Å². The second-order valence-electron chi connectivity index (χ2n) is 5.54. The predicted molar refractivity (Wildman–Crippen MR) is 86.9 cm³/mol. The molecular weight excluding hydrogens is 284 g/mol. The highest BCUT2D eigenvalue weighted by atomic mass is 32.2. The van der Waals surface area contributed by atoms with Crippen molar-refractivity contribution in [1.82, 2.24) is 9.80 Å². The minimum Gasteiger partial charge on any atom is -0.480 e. The van der Waals surface area contributed by atoms with Crippen molar-refractivity contribution >= 4 is 17.7 Å². The van der Waals surface area contributed by atoms with Gasteiger partial charge in [0.05, 0.1) is 0 Å². The standard InChI is InChI=1S/C16H24N2O2S/c1-17(11-12-18-9-3-4-10-18)15(16(19)20)13-5-7-14(21-2)8-6-13/h5-8,15H,3-4,9-12H2,1-2H3,(H,19,20)/t15-/m1/s1. The van der Waals surface area contributed by atoms with E-state index in [0.29, 0.717) is 0 Å². The number of carboxylic acid groups (broad SMARTS) is 1. The van der Waals surface area contributed by atoms with E-state index in [1.54, 1.807) is 11.8 Å². The molecule has 0 saturated carbocycles. The number of thioether (sulfide) groups is 1. The number of likely N-dealkylation sites (tertiary alicyclic amines) is 1. The Morgan fingerprint density at radius 2 is 1.95 bits per heavy atom. The van der Waals surface area contributed by atoms with Gasteiger partial charge in [0.2, 0.25) is 0 Å². The molecule has 1 aromatic rings. The lowest BCUT2D eigenvalue weighted by Crippen LogP contribution is -2.37. The van der Waals surface area contributed by atoms with Crippen LogP contribution < -0.4 is 0 Å². The number of carboxylic acids is 1. The van der Waals surface area contributed by atoms with E-state index in [1.807, 2.05) is 42.5 Å². The number of rotatable bonds is 7. The molecule has 0 spiro atoms. The van der Waals surface area contributed by atoms with Crippen LogP contribution in [0.5, 0.6) is 0 Å². The molecule has 0 radical (unpaired) electrons.